The number of halogens is 1. The molecule has 0 bridgehead atoms. The van der Waals surface area contributed by atoms with Crippen molar-refractivity contribution in [2.24, 2.45) is 2.55 Å². The molecular weight excluding hydrogens is 1070 g/mol. The molecule has 0 spiro atoms. The first kappa shape index (κ1) is 39.3. The Balaban J connectivity index is 7.06. The molecule has 31 heteroatoms. The Hall–Kier alpha value is 8.34. The van der Waals surface area contributed by atoms with Crippen molar-refractivity contribution in [3.8, 4) is 0 Å². The topological polar surface area (TPSA) is 12.4 Å². The van der Waals surface area contributed by atoms with Crippen LogP contribution < -0.4 is 0 Å². The first-order chi connectivity index (χ1) is 13.0. The molecule has 0 unspecified atom stereocenters. The van der Waals surface area contributed by atoms with E-state index in [1.807, 2.05) is 0 Å². The highest BCUT2D eigenvalue weighted by Gasteiger charge is 2.32. The van der Waals surface area contributed by atoms with E-state index in [1.165, 1.54) is 0 Å². The van der Waals surface area contributed by atoms with E-state index in [1.54, 1.807) is 0 Å². The number of nitrogens with zero attached hydrogens (tertiary/aromatic N) is 1. The van der Waals surface area contributed by atoms with Crippen LogP contribution in [-0.2, 0) is 248 Å². The van der Waals surface area contributed by atoms with Gasteiger partial charge in [0, 0.05) is 34.6 Å². The van der Waals surface area contributed by atoms with Crippen molar-refractivity contribution in [2.75, 3.05) is 0 Å². The highest BCUT2D eigenvalue weighted by atomic mass is 127. The SMILES string of the molecule is S=S(=S)(S)S(=S)(=S)S(=S)(=S)S(=S)(=S)N=IS(=S)(=S)S(=S)(=S)S(=S)(=S)S(=S)(=S)S(=S)(=S)S. The van der Waals surface area contributed by atoms with Crippen LogP contribution in [0.3, 0.4) is 0 Å². The van der Waals surface area contributed by atoms with E-state index in [4.69, 9.17) is 201 Å². The van der Waals surface area contributed by atoms with Gasteiger partial charge in [-0.05, 0) is 201 Å². The Kier molecular flexibility index (Phi) is 16.4. The standard InChI is InChI=1S/H2INS29/c3-23(4,27(13,14)31(21,22)30(19,20)26(10,11)12)1-2-24(5,6)28(15,16)29(17,18)25(7,8)9/h(H,7,8,9)(H,10,11,12). The third-order valence-electron chi connectivity index (χ3n) is 1.96. The van der Waals surface area contributed by atoms with Crippen molar-refractivity contribution in [1.29, 1.82) is 0 Å². The number of hydrogen-bond donors (Lipinski definition) is 2. The molecule has 0 aromatic heterocycles. The quantitative estimate of drug-likeness (QED) is 0.151. The van der Waals surface area contributed by atoms with Gasteiger partial charge in [0.15, 0.2) is 0 Å². The van der Waals surface area contributed by atoms with Gasteiger partial charge in [-0.3, -0.25) is 0 Å². The molecule has 31 heavy (non-hydrogen) atoms. The molecule has 188 valence electrons. The van der Waals surface area contributed by atoms with Gasteiger partial charge in [-0.25, -0.2) is 0 Å². The second-order valence-electron chi connectivity index (χ2n) is 3.86. The van der Waals surface area contributed by atoms with Gasteiger partial charge in [-0.2, -0.15) is 2.55 Å². The first-order valence-electron chi connectivity index (χ1n) is 5.04. The van der Waals surface area contributed by atoms with E-state index in [2.05, 4.69) is 25.9 Å². The maximum absolute atomic E-state index is 5.66. The second kappa shape index (κ2) is 12.9. The van der Waals surface area contributed by atoms with Crippen LogP contribution in [-0.4, -0.2) is 0 Å². The Labute approximate surface area is 285 Å². The maximum atomic E-state index is 5.66. The summed E-state index contributed by atoms with van der Waals surface area (Å²) < 4.78 is 1.72. The van der Waals surface area contributed by atoms with Gasteiger partial charge in [0.05, 0.1) is 31.2 Å². The molecule has 1 nitrogen and oxygen atoms in total. The molecular formula is H2INS29. The van der Waals surface area contributed by atoms with Gasteiger partial charge in [0.1, 0.15) is 0 Å². The third-order valence-corrected chi connectivity index (χ3v) is 158. The highest BCUT2D eigenvalue weighted by molar-refractivity contribution is 14.2. The van der Waals surface area contributed by atoms with Crippen LogP contribution in [0.2, 0.25) is 0 Å². The third kappa shape index (κ3) is 8.25. The Morgan fingerprint density at radius 2 is 0.710 bits per heavy atom. The summed E-state index contributed by atoms with van der Waals surface area (Å²) in [5.41, 5.74) is 0. The summed E-state index contributed by atoms with van der Waals surface area (Å²) in [7, 11) is 0. The lowest BCUT2D eigenvalue weighted by molar-refractivity contribution is 2.18. The summed E-state index contributed by atoms with van der Waals surface area (Å²) in [6, 6.07) is 0. The fraction of sp³-hybridized carbons (Fsp3) is 0. The van der Waals surface area contributed by atoms with E-state index in [0.29, 0.717) is 0 Å². The van der Waals surface area contributed by atoms with E-state index in [0.717, 1.165) is 0 Å². The lowest BCUT2D eigenvalue weighted by atomic mass is 13.9. The molecule has 0 rings (SSSR count). The van der Waals surface area contributed by atoms with Crippen LogP contribution >= 0.6 is 43.0 Å². The van der Waals surface area contributed by atoms with Crippen molar-refractivity contribution in [3.05, 3.63) is 0 Å². The largest absolute Gasteiger partial charge is 0.165 e. The fourth-order valence-corrected chi connectivity index (χ4v) is 154. The Bertz CT molecular complexity index is 1770. The summed E-state index contributed by atoms with van der Waals surface area (Å²) in [5, 5.41) is -19.7. The van der Waals surface area contributed by atoms with Crippen LogP contribution in [0.15, 0.2) is 2.55 Å². The minimum absolute atomic E-state index is 1.56. The molecule has 0 aliphatic carbocycles. The normalized spacial score (nSPS) is 16.6. The average Bonchev–Trinajstić information content (AvgIpc) is 2.50. The predicted octanol–water partition coefficient (Wildman–Crippen LogP) is 1.77. The van der Waals surface area contributed by atoms with E-state index in [-0.39, 0.29) is 0 Å². The summed E-state index contributed by atoms with van der Waals surface area (Å²) in [5.74, 6) is 0. The summed E-state index contributed by atoms with van der Waals surface area (Å²) in [6.07, 6.45) is -2.93. The van der Waals surface area contributed by atoms with Crippen LogP contribution in [0.1, 0.15) is 0 Å². The molecule has 0 heterocycles. The second-order valence-corrected chi connectivity index (χ2v) is 105. The zero-order chi connectivity index (χ0) is 25.9. The van der Waals surface area contributed by atoms with Crippen molar-refractivity contribution >= 4 is 291 Å². The number of rotatable bonds is 9. The van der Waals surface area contributed by atoms with Gasteiger partial charge in [0.2, 0.25) is 0 Å². The maximum Gasteiger partial charge on any atom is 0.0967 e. The monoisotopic (exact) mass is 1070 g/mol. The first-order valence-corrected chi connectivity index (χ1v) is 45.6. The molecule has 0 N–H and O–H groups in total. The number of hydrogen-bond acceptors (Lipinski definition) is 18. The molecule has 0 saturated heterocycles. The van der Waals surface area contributed by atoms with Crippen molar-refractivity contribution < 1.29 is 0 Å². The summed E-state index contributed by atoms with van der Waals surface area (Å²) in [4.78, 5) is 0. The van der Waals surface area contributed by atoms with Gasteiger partial charge >= 0.3 is 0 Å². The van der Waals surface area contributed by atoms with Crippen molar-refractivity contribution in [1.82, 2.24) is 0 Å². The Morgan fingerprint density at radius 1 is 0.419 bits per heavy atom. The predicted molar refractivity (Wildman–Crippen MR) is 233 cm³/mol. The Morgan fingerprint density at radius 3 is 1.00 bits per heavy atom. The lowest BCUT2D eigenvalue weighted by Crippen LogP contribution is -2.25. The zero-order valence-electron chi connectivity index (χ0n) is 12.7. The molecule has 0 saturated carbocycles. The van der Waals surface area contributed by atoms with Crippen LogP contribution in [0.4, 0.5) is 0 Å². The summed E-state index contributed by atoms with van der Waals surface area (Å²) in [6.45, 7) is 0. The molecule has 0 aromatic carbocycles. The molecule has 0 atom stereocenters. The van der Waals surface area contributed by atoms with E-state index < -0.39 is 65.8 Å². The molecule has 0 aliphatic heterocycles. The van der Waals surface area contributed by atoms with Gasteiger partial charge < -0.3 is 0 Å². The van der Waals surface area contributed by atoms with Crippen LogP contribution in [0, 0.1) is 0 Å². The minimum atomic E-state index is -2.95. The fourth-order valence-electron chi connectivity index (χ4n) is 0.656. The zero-order valence-corrected chi connectivity index (χ0v) is 38.7. The molecule has 0 radical (unpaired) electrons. The number of thiol groups is 2. The van der Waals surface area contributed by atoms with Gasteiger partial charge in [0.25, 0.3) is 0 Å². The molecule has 0 aliphatic rings. The van der Waals surface area contributed by atoms with E-state index in [9.17, 15) is 0 Å². The van der Waals surface area contributed by atoms with Gasteiger partial charge in [-0.1, -0.05) is 23.3 Å². The van der Waals surface area contributed by atoms with Crippen LogP contribution in [0.5, 0.6) is 0 Å². The smallest absolute Gasteiger partial charge is 0.0967 e. The highest BCUT2D eigenvalue weighted by Crippen LogP contribution is 2.37. The van der Waals surface area contributed by atoms with E-state index >= 15 is 0 Å². The summed E-state index contributed by atoms with van der Waals surface area (Å²) >= 11 is 106. The molecule has 0 amide bonds. The van der Waals surface area contributed by atoms with Crippen molar-refractivity contribution in [2.45, 2.75) is 0 Å². The van der Waals surface area contributed by atoms with Gasteiger partial charge in [-0.15, -0.1) is 0 Å². The van der Waals surface area contributed by atoms with Crippen LogP contribution in [0.25, 0.3) is 0 Å². The van der Waals surface area contributed by atoms with Crippen molar-refractivity contribution in [3.63, 3.8) is 0 Å². The minimum Gasteiger partial charge on any atom is -0.165 e. The molecule has 0 aromatic rings. The molecule has 0 fully saturated rings. The average molecular weight is 1070 g/mol. The lowest BCUT2D eigenvalue weighted by Gasteiger charge is -2.25.